The van der Waals surface area contributed by atoms with Crippen LogP contribution in [0.25, 0.3) is 11.9 Å². The molecule has 1 aromatic carbocycles. The summed E-state index contributed by atoms with van der Waals surface area (Å²) in [6.45, 7) is 7.00. The van der Waals surface area contributed by atoms with Crippen LogP contribution in [0.15, 0.2) is 41.5 Å². The number of carbonyl (C=O) groups excluding carboxylic acids is 1. The van der Waals surface area contributed by atoms with Crippen LogP contribution < -0.4 is 5.73 Å². The van der Waals surface area contributed by atoms with E-state index in [1.54, 1.807) is 6.92 Å². The molecule has 2 aliphatic rings. The van der Waals surface area contributed by atoms with E-state index in [0.717, 1.165) is 6.42 Å². The van der Waals surface area contributed by atoms with Gasteiger partial charge in [-0.2, -0.15) is 5.26 Å². The summed E-state index contributed by atoms with van der Waals surface area (Å²) >= 11 is 1.19. The number of thioether (sulfide) groups is 1. The average Bonchev–Trinajstić information content (AvgIpc) is 2.88. The third-order valence-electron chi connectivity index (χ3n) is 6.78. The average molecular weight is 526 g/mol. The predicted molar refractivity (Wildman–Crippen MR) is 141 cm³/mol. The molecule has 4 rings (SSSR count). The van der Waals surface area contributed by atoms with Gasteiger partial charge >= 0.3 is 0 Å². The Morgan fingerprint density at radius 2 is 2.16 bits per heavy atom. The third kappa shape index (κ3) is 5.53. The maximum absolute atomic E-state index is 15.2. The molecule has 0 unspecified atom stereocenters. The number of hydrogen-bond donors (Lipinski definition) is 1. The minimum absolute atomic E-state index is 0.0333. The van der Waals surface area contributed by atoms with Gasteiger partial charge in [-0.25, -0.2) is 8.78 Å². The van der Waals surface area contributed by atoms with E-state index in [-0.39, 0.29) is 34.8 Å². The van der Waals surface area contributed by atoms with E-state index < -0.39 is 21.9 Å². The summed E-state index contributed by atoms with van der Waals surface area (Å²) in [6.07, 6.45) is 3.50. The van der Waals surface area contributed by atoms with Crippen molar-refractivity contribution < 1.29 is 18.3 Å². The van der Waals surface area contributed by atoms with E-state index in [1.807, 2.05) is 24.8 Å². The lowest BCUT2D eigenvalue weighted by Gasteiger charge is -2.45. The molecule has 1 fully saturated rings. The van der Waals surface area contributed by atoms with E-state index in [9.17, 15) is 9.18 Å². The van der Waals surface area contributed by atoms with Crippen LogP contribution in [0.5, 0.6) is 0 Å². The van der Waals surface area contributed by atoms with Gasteiger partial charge < -0.3 is 15.4 Å². The van der Waals surface area contributed by atoms with Crippen molar-refractivity contribution in [2.45, 2.75) is 49.9 Å². The molecular formula is C27H29F2N5O2S. The predicted octanol–water partition coefficient (Wildman–Crippen LogP) is 4.62. The Balaban J connectivity index is 1.67. The van der Waals surface area contributed by atoms with E-state index in [1.165, 1.54) is 54.4 Å². The highest BCUT2D eigenvalue weighted by atomic mass is 32.2. The van der Waals surface area contributed by atoms with Gasteiger partial charge in [0.1, 0.15) is 22.5 Å². The fourth-order valence-electron chi connectivity index (χ4n) is 4.94. The van der Waals surface area contributed by atoms with E-state index in [2.05, 4.69) is 9.98 Å². The molecule has 3 atom stereocenters. The molecule has 1 aromatic heterocycles. The summed E-state index contributed by atoms with van der Waals surface area (Å²) in [5.74, 6) is -1.23. The first-order chi connectivity index (χ1) is 17.6. The molecule has 1 saturated heterocycles. The number of rotatable bonds is 5. The zero-order valence-corrected chi connectivity index (χ0v) is 21.8. The SMILES string of the molecule is CC[C@H]1COCCN1C(=O)[C@@]1(C)C[C@@](C)(c2cc(/C=C(\F)c3ccc(C#N)cn3)ccc2F)N=C(N)S1. The number of pyridine rings is 1. The van der Waals surface area contributed by atoms with Crippen LogP contribution in [0.4, 0.5) is 8.78 Å². The molecule has 194 valence electrons. The van der Waals surface area contributed by atoms with Crippen molar-refractivity contribution in [3.63, 3.8) is 0 Å². The van der Waals surface area contributed by atoms with Crippen molar-refractivity contribution in [3.05, 3.63) is 64.7 Å². The molecule has 3 heterocycles. The molecule has 2 aromatic rings. The number of hydrogen-bond acceptors (Lipinski definition) is 7. The number of amides is 1. The Bertz CT molecular complexity index is 1290. The fraction of sp³-hybridized carbons (Fsp3) is 0.407. The van der Waals surface area contributed by atoms with Gasteiger partial charge in [-0.05, 0) is 56.2 Å². The second-order valence-electron chi connectivity index (χ2n) is 9.64. The maximum Gasteiger partial charge on any atom is 0.239 e. The quantitative estimate of drug-likeness (QED) is 0.611. The molecule has 0 aliphatic carbocycles. The van der Waals surface area contributed by atoms with Crippen LogP contribution in [0, 0.1) is 17.1 Å². The Morgan fingerprint density at radius 3 is 2.84 bits per heavy atom. The van der Waals surface area contributed by atoms with Crippen molar-refractivity contribution in [3.8, 4) is 6.07 Å². The van der Waals surface area contributed by atoms with Gasteiger partial charge in [-0.15, -0.1) is 0 Å². The van der Waals surface area contributed by atoms with Crippen molar-refractivity contribution in [2.24, 2.45) is 10.7 Å². The molecule has 0 saturated carbocycles. The highest BCUT2D eigenvalue weighted by molar-refractivity contribution is 8.15. The second kappa shape index (κ2) is 10.6. The number of benzene rings is 1. The van der Waals surface area contributed by atoms with Crippen LogP contribution in [0.1, 0.15) is 56.0 Å². The number of aromatic nitrogens is 1. The monoisotopic (exact) mass is 525 g/mol. The molecule has 2 N–H and O–H groups in total. The largest absolute Gasteiger partial charge is 0.378 e. The summed E-state index contributed by atoms with van der Waals surface area (Å²) in [6, 6.07) is 9.03. The zero-order chi connectivity index (χ0) is 26.8. The lowest BCUT2D eigenvalue weighted by Crippen LogP contribution is -2.57. The number of ether oxygens (including phenoxy) is 1. The van der Waals surface area contributed by atoms with Crippen LogP contribution in [0.2, 0.25) is 0 Å². The first-order valence-electron chi connectivity index (χ1n) is 12.1. The van der Waals surface area contributed by atoms with Gasteiger partial charge in [-0.3, -0.25) is 14.8 Å². The molecular weight excluding hydrogens is 496 g/mol. The van der Waals surface area contributed by atoms with Gasteiger partial charge in [0.05, 0.1) is 36.1 Å². The number of carbonyl (C=O) groups is 1. The molecule has 10 heteroatoms. The molecule has 0 radical (unpaired) electrons. The normalized spacial score (nSPS) is 26.4. The van der Waals surface area contributed by atoms with Crippen molar-refractivity contribution in [2.75, 3.05) is 19.8 Å². The van der Waals surface area contributed by atoms with Gasteiger partial charge in [-0.1, -0.05) is 24.8 Å². The number of morpholine rings is 1. The Labute approximate surface area is 219 Å². The molecule has 0 bridgehead atoms. The summed E-state index contributed by atoms with van der Waals surface area (Å²) in [4.78, 5) is 24.1. The highest BCUT2D eigenvalue weighted by Crippen LogP contribution is 2.47. The number of nitrogens with zero attached hydrogens (tertiary/aromatic N) is 4. The molecule has 2 aliphatic heterocycles. The minimum atomic E-state index is -1.15. The van der Waals surface area contributed by atoms with Crippen LogP contribution in [-0.2, 0) is 15.1 Å². The number of halogens is 2. The topological polar surface area (TPSA) is 105 Å². The van der Waals surface area contributed by atoms with Crippen LogP contribution >= 0.6 is 11.8 Å². The van der Waals surface area contributed by atoms with Gasteiger partial charge in [0.2, 0.25) is 5.91 Å². The van der Waals surface area contributed by atoms with Crippen molar-refractivity contribution >= 4 is 34.7 Å². The number of aliphatic imine (C=N–C) groups is 1. The highest BCUT2D eigenvalue weighted by Gasteiger charge is 2.50. The first-order valence-corrected chi connectivity index (χ1v) is 12.9. The zero-order valence-electron chi connectivity index (χ0n) is 21.0. The number of amidine groups is 1. The standard InChI is InChI=1S/C27H29F2N5O2S/c1-4-19-15-36-10-9-34(19)24(35)27(3)16-26(2,33-25(31)37-27)20-11-17(5-7-21(20)28)12-22(29)23-8-6-18(13-30)14-32-23/h5-8,11-12,14,19H,4,9-10,15-16H2,1-3H3,(H2,31,33)/b22-12-/t19-,26-,27+/m0/s1. The molecule has 0 spiro atoms. The minimum Gasteiger partial charge on any atom is -0.378 e. The van der Waals surface area contributed by atoms with Gasteiger partial charge in [0.25, 0.3) is 0 Å². The smallest absolute Gasteiger partial charge is 0.239 e. The van der Waals surface area contributed by atoms with Crippen molar-refractivity contribution in [1.82, 2.24) is 9.88 Å². The number of nitrogens with two attached hydrogens (primary N) is 1. The number of nitriles is 1. The summed E-state index contributed by atoms with van der Waals surface area (Å²) in [5, 5.41) is 9.11. The van der Waals surface area contributed by atoms with Crippen LogP contribution in [0.3, 0.4) is 0 Å². The lowest BCUT2D eigenvalue weighted by atomic mass is 9.81. The Kier molecular flexibility index (Phi) is 7.67. The summed E-state index contributed by atoms with van der Waals surface area (Å²) in [5.41, 5.74) is 6.07. The third-order valence-corrected chi connectivity index (χ3v) is 7.85. The second-order valence-corrected chi connectivity index (χ2v) is 11.2. The van der Waals surface area contributed by atoms with Crippen LogP contribution in [-0.4, -0.2) is 51.5 Å². The molecule has 7 nitrogen and oxygen atoms in total. The summed E-state index contributed by atoms with van der Waals surface area (Å²) in [7, 11) is 0. The Morgan fingerprint density at radius 1 is 1.38 bits per heavy atom. The van der Waals surface area contributed by atoms with E-state index in [4.69, 9.17) is 15.7 Å². The molecule has 37 heavy (non-hydrogen) atoms. The van der Waals surface area contributed by atoms with E-state index >= 15 is 4.39 Å². The fourth-order valence-corrected chi connectivity index (χ4v) is 6.20. The maximum atomic E-state index is 15.2. The lowest BCUT2D eigenvalue weighted by molar-refractivity contribution is -0.142. The summed E-state index contributed by atoms with van der Waals surface area (Å²) < 4.78 is 34.7. The van der Waals surface area contributed by atoms with Gasteiger partial charge in [0.15, 0.2) is 5.17 Å². The van der Waals surface area contributed by atoms with Gasteiger partial charge in [0, 0.05) is 24.7 Å². The first kappa shape index (κ1) is 26.8. The Hall–Kier alpha value is -3.29. The van der Waals surface area contributed by atoms with E-state index in [0.29, 0.717) is 30.9 Å². The van der Waals surface area contributed by atoms with Crippen molar-refractivity contribution in [1.29, 1.82) is 5.26 Å². The molecule has 1 amide bonds.